The van der Waals surface area contributed by atoms with Gasteiger partial charge in [0.2, 0.25) is 5.91 Å². The van der Waals surface area contributed by atoms with E-state index in [1.807, 2.05) is 0 Å². The molecule has 0 atom stereocenters. The first-order chi connectivity index (χ1) is 10.4. The predicted molar refractivity (Wildman–Crippen MR) is 78.2 cm³/mol. The van der Waals surface area contributed by atoms with Crippen LogP contribution in [0, 0.1) is 5.82 Å². The van der Waals surface area contributed by atoms with Gasteiger partial charge in [-0.25, -0.2) is 12.8 Å². The molecule has 6 nitrogen and oxygen atoms in total. The maximum Gasteiger partial charge on any atom is 0.259 e. The van der Waals surface area contributed by atoms with Gasteiger partial charge in [-0.1, -0.05) is 30.3 Å². The predicted octanol–water partition coefficient (Wildman–Crippen LogP) is 0.543. The Hall–Kier alpha value is -2.48. The number of hydrogen-bond donors (Lipinski definition) is 1. The van der Waals surface area contributed by atoms with Crippen molar-refractivity contribution in [3.05, 3.63) is 65.5 Å². The van der Waals surface area contributed by atoms with Crippen LogP contribution in [-0.2, 0) is 27.1 Å². The average Bonchev–Trinajstić information content (AvgIpc) is 2.42. The van der Waals surface area contributed by atoms with Crippen LogP contribution in [-0.4, -0.2) is 18.9 Å². The van der Waals surface area contributed by atoms with Crippen LogP contribution in [0.1, 0.15) is 5.56 Å². The molecule has 2 N–H and O–H groups in total. The van der Waals surface area contributed by atoms with Gasteiger partial charge in [0.05, 0.1) is 5.75 Å². The summed E-state index contributed by atoms with van der Waals surface area (Å²) in [5.41, 5.74) is 5.58. The second-order valence-electron chi connectivity index (χ2n) is 4.60. The summed E-state index contributed by atoms with van der Waals surface area (Å²) in [5.74, 6) is -1.64. The number of carbonyl (C=O) groups is 1. The Labute approximate surface area is 126 Å². The maximum atomic E-state index is 13.2. The number of nitrogens with two attached hydrogens (primary N) is 1. The molecule has 0 saturated carbocycles. The summed E-state index contributed by atoms with van der Waals surface area (Å²) in [6.45, 7) is -0.364. The summed E-state index contributed by atoms with van der Waals surface area (Å²) in [6, 6.07) is 10.8. The van der Waals surface area contributed by atoms with Crippen molar-refractivity contribution in [2.24, 2.45) is 10.1 Å². The topological polar surface area (TPSA) is 94.5 Å². The molecule has 0 fully saturated rings. The Bertz CT molecular complexity index is 845. The minimum Gasteiger partial charge on any atom is -0.368 e. The van der Waals surface area contributed by atoms with E-state index in [1.54, 1.807) is 30.3 Å². The maximum absolute atomic E-state index is 13.2. The molecule has 2 rings (SSSR count). The summed E-state index contributed by atoms with van der Waals surface area (Å²) in [7, 11) is -3.83. The van der Waals surface area contributed by atoms with Crippen LogP contribution < -0.4 is 11.2 Å². The van der Waals surface area contributed by atoms with Gasteiger partial charge in [0.15, 0.2) is 0 Å². The second-order valence-corrected chi connectivity index (χ2v) is 6.24. The molecule has 2 aromatic rings. The quantitative estimate of drug-likeness (QED) is 0.870. The molecule has 0 aliphatic heterocycles. The molecule has 22 heavy (non-hydrogen) atoms. The van der Waals surface area contributed by atoms with Crippen LogP contribution in [0.3, 0.4) is 0 Å². The second kappa shape index (κ2) is 6.52. The van der Waals surface area contributed by atoms with Crippen LogP contribution in [0.2, 0.25) is 0 Å². The fraction of sp³-hybridized carbons (Fsp3) is 0.143. The third kappa shape index (κ3) is 4.52. The third-order valence-corrected chi connectivity index (χ3v) is 3.88. The van der Waals surface area contributed by atoms with E-state index in [9.17, 15) is 17.6 Å². The Balaban J connectivity index is 2.41. The van der Waals surface area contributed by atoms with Crippen molar-refractivity contribution >= 4 is 15.9 Å². The Morgan fingerprint density at radius 1 is 1.18 bits per heavy atom. The number of hydrogen-bond acceptors (Lipinski definition) is 3. The van der Waals surface area contributed by atoms with Gasteiger partial charge in [-0.3, -0.25) is 4.79 Å². The molecule has 0 aliphatic carbocycles. The molecule has 0 radical (unpaired) electrons. The Kier molecular flexibility index (Phi) is 4.71. The van der Waals surface area contributed by atoms with Gasteiger partial charge in [-0.15, -0.1) is 4.40 Å². The smallest absolute Gasteiger partial charge is 0.259 e. The molecule has 0 aliphatic rings. The minimum absolute atomic E-state index is 0.0591. The van der Waals surface area contributed by atoms with Crippen molar-refractivity contribution in [2.45, 2.75) is 12.3 Å². The van der Waals surface area contributed by atoms with E-state index in [1.165, 1.54) is 6.07 Å². The molecule has 1 aromatic carbocycles. The van der Waals surface area contributed by atoms with Crippen LogP contribution >= 0.6 is 0 Å². The normalized spacial score (nSPS) is 12.3. The molecule has 1 aromatic heterocycles. The number of primary amides is 1. The van der Waals surface area contributed by atoms with Crippen molar-refractivity contribution in [3.8, 4) is 0 Å². The summed E-state index contributed by atoms with van der Waals surface area (Å²) < 4.78 is 42.1. The fourth-order valence-corrected chi connectivity index (χ4v) is 2.97. The SMILES string of the molecule is NC(=O)Cn1cc(F)cc/c1=N\S(=O)(=O)Cc1ccccc1. The van der Waals surface area contributed by atoms with Crippen LogP contribution in [0.25, 0.3) is 0 Å². The van der Waals surface area contributed by atoms with Crippen molar-refractivity contribution in [1.29, 1.82) is 0 Å². The molecule has 1 amide bonds. The number of sulfonamides is 1. The summed E-state index contributed by atoms with van der Waals surface area (Å²) >= 11 is 0. The molecule has 0 saturated heterocycles. The zero-order valence-corrected chi connectivity index (χ0v) is 12.3. The van der Waals surface area contributed by atoms with E-state index in [0.29, 0.717) is 5.56 Å². The lowest BCUT2D eigenvalue weighted by atomic mass is 10.2. The highest BCUT2D eigenvalue weighted by atomic mass is 32.2. The standard InChI is InChI=1S/C14H14FN3O3S/c15-12-6-7-14(18(8-12)9-13(16)19)17-22(20,21)10-11-4-2-1-3-5-11/h1-8H,9-10H2,(H2,16,19)/b17-14+. The molecule has 0 spiro atoms. The molecular formula is C14H14FN3O3S. The van der Waals surface area contributed by atoms with Gasteiger partial charge in [-0.05, 0) is 17.7 Å². The minimum atomic E-state index is -3.83. The van der Waals surface area contributed by atoms with E-state index in [4.69, 9.17) is 5.73 Å². The largest absolute Gasteiger partial charge is 0.368 e. The number of carbonyl (C=O) groups excluding carboxylic acids is 1. The zero-order chi connectivity index (χ0) is 16.2. The highest BCUT2D eigenvalue weighted by Gasteiger charge is 2.10. The van der Waals surface area contributed by atoms with Crippen LogP contribution in [0.4, 0.5) is 4.39 Å². The van der Waals surface area contributed by atoms with E-state index < -0.39 is 21.7 Å². The van der Waals surface area contributed by atoms with Gasteiger partial charge in [0.25, 0.3) is 10.0 Å². The number of halogens is 1. The number of aromatic nitrogens is 1. The first-order valence-corrected chi connectivity index (χ1v) is 7.93. The highest BCUT2D eigenvalue weighted by Crippen LogP contribution is 2.06. The number of nitrogens with zero attached hydrogens (tertiary/aromatic N) is 2. The monoisotopic (exact) mass is 323 g/mol. The first kappa shape index (κ1) is 15.9. The van der Waals surface area contributed by atoms with E-state index in [-0.39, 0.29) is 17.8 Å². The molecule has 1 heterocycles. The lowest BCUT2D eigenvalue weighted by molar-refractivity contribution is -0.118. The average molecular weight is 323 g/mol. The Morgan fingerprint density at radius 2 is 1.86 bits per heavy atom. The van der Waals surface area contributed by atoms with Crippen molar-refractivity contribution < 1.29 is 17.6 Å². The zero-order valence-electron chi connectivity index (χ0n) is 11.5. The van der Waals surface area contributed by atoms with Crippen LogP contribution in [0.15, 0.2) is 53.1 Å². The summed E-state index contributed by atoms with van der Waals surface area (Å²) in [4.78, 5) is 11.0. The molecule has 8 heteroatoms. The number of pyridine rings is 1. The molecule has 0 bridgehead atoms. The molecular weight excluding hydrogens is 309 g/mol. The fourth-order valence-electron chi connectivity index (χ4n) is 1.84. The van der Waals surface area contributed by atoms with Gasteiger partial charge >= 0.3 is 0 Å². The van der Waals surface area contributed by atoms with E-state index >= 15 is 0 Å². The summed E-state index contributed by atoms with van der Waals surface area (Å²) in [6.07, 6.45) is 0.974. The highest BCUT2D eigenvalue weighted by molar-refractivity contribution is 7.89. The van der Waals surface area contributed by atoms with Crippen molar-refractivity contribution in [3.63, 3.8) is 0 Å². The first-order valence-electron chi connectivity index (χ1n) is 6.33. The van der Waals surface area contributed by atoms with Gasteiger partial charge < -0.3 is 10.3 Å². The lowest BCUT2D eigenvalue weighted by Crippen LogP contribution is -2.29. The molecule has 0 unspecified atom stereocenters. The van der Waals surface area contributed by atoms with Gasteiger partial charge in [0, 0.05) is 6.20 Å². The third-order valence-electron chi connectivity index (χ3n) is 2.72. The van der Waals surface area contributed by atoms with E-state index in [2.05, 4.69) is 4.40 Å². The van der Waals surface area contributed by atoms with E-state index in [0.717, 1.165) is 16.8 Å². The van der Waals surface area contributed by atoms with Crippen LogP contribution in [0.5, 0.6) is 0 Å². The summed E-state index contributed by atoms with van der Waals surface area (Å²) in [5, 5.41) is 0. The van der Waals surface area contributed by atoms with Gasteiger partial charge in [0.1, 0.15) is 17.8 Å². The van der Waals surface area contributed by atoms with Gasteiger partial charge in [-0.2, -0.15) is 0 Å². The number of rotatable bonds is 5. The van der Waals surface area contributed by atoms with Crippen molar-refractivity contribution in [1.82, 2.24) is 4.57 Å². The van der Waals surface area contributed by atoms with Crippen molar-refractivity contribution in [2.75, 3.05) is 0 Å². The number of benzene rings is 1. The number of amides is 1. The molecule has 116 valence electrons. The lowest BCUT2D eigenvalue weighted by Gasteiger charge is -2.05. The Morgan fingerprint density at radius 3 is 2.50 bits per heavy atom.